The van der Waals surface area contributed by atoms with E-state index >= 15 is 4.39 Å². The molecule has 0 unspecified atom stereocenters. The molecular formula is C29H23F2NO3S. The molecule has 0 heterocycles. The molecule has 4 nitrogen and oxygen atoms in total. The molecule has 0 saturated heterocycles. The molecule has 4 aromatic carbocycles. The molecule has 0 atom stereocenters. The molecule has 0 aliphatic carbocycles. The number of thioether (sulfide) groups is 1. The Kier molecular flexibility index (Phi) is 8.02. The van der Waals surface area contributed by atoms with Crippen molar-refractivity contribution in [1.29, 1.82) is 0 Å². The minimum absolute atomic E-state index is 0.204. The molecule has 4 aromatic rings. The lowest BCUT2D eigenvalue weighted by Crippen LogP contribution is -1.99. The van der Waals surface area contributed by atoms with E-state index in [0.717, 1.165) is 16.7 Å². The van der Waals surface area contributed by atoms with Crippen LogP contribution in [0.5, 0.6) is 5.75 Å². The van der Waals surface area contributed by atoms with E-state index in [-0.39, 0.29) is 5.56 Å². The Morgan fingerprint density at radius 1 is 0.972 bits per heavy atom. The highest BCUT2D eigenvalue weighted by Gasteiger charge is 2.14. The smallest absolute Gasteiger partial charge is 0.328 e. The van der Waals surface area contributed by atoms with E-state index in [1.807, 2.05) is 48.5 Å². The Hall–Kier alpha value is -4.10. The molecule has 0 spiro atoms. The number of benzene rings is 4. The second-order valence-electron chi connectivity index (χ2n) is 7.86. The van der Waals surface area contributed by atoms with Crippen LogP contribution >= 0.6 is 11.8 Å². The average molecular weight is 504 g/mol. The van der Waals surface area contributed by atoms with E-state index in [1.54, 1.807) is 17.8 Å². The van der Waals surface area contributed by atoms with Gasteiger partial charge in [0.1, 0.15) is 17.4 Å². The molecule has 0 radical (unpaired) electrons. The van der Waals surface area contributed by atoms with E-state index in [1.165, 1.54) is 49.1 Å². The van der Waals surface area contributed by atoms with Gasteiger partial charge >= 0.3 is 5.97 Å². The summed E-state index contributed by atoms with van der Waals surface area (Å²) in [5.41, 5.74) is 3.31. The fourth-order valence-electron chi connectivity index (χ4n) is 3.63. The van der Waals surface area contributed by atoms with Gasteiger partial charge in [-0.25, -0.2) is 13.6 Å². The molecule has 0 aliphatic heterocycles. The number of methoxy groups -OCH3 is 1. The molecule has 182 valence electrons. The zero-order valence-electron chi connectivity index (χ0n) is 19.4. The Bertz CT molecular complexity index is 1410. The average Bonchev–Trinajstić information content (AvgIpc) is 2.88. The van der Waals surface area contributed by atoms with Crippen LogP contribution in [0, 0.1) is 11.6 Å². The number of hydrogen-bond acceptors (Lipinski definition) is 4. The zero-order chi connectivity index (χ0) is 25.5. The van der Waals surface area contributed by atoms with Gasteiger partial charge < -0.3 is 15.2 Å². The summed E-state index contributed by atoms with van der Waals surface area (Å²) in [6.45, 7) is 0. The highest BCUT2D eigenvalue weighted by atomic mass is 32.2. The van der Waals surface area contributed by atoms with Gasteiger partial charge in [0.15, 0.2) is 0 Å². The number of anilines is 2. The summed E-state index contributed by atoms with van der Waals surface area (Å²) in [5.74, 6) is -0.983. The van der Waals surface area contributed by atoms with Crippen molar-refractivity contribution < 1.29 is 23.4 Å². The number of aliphatic carboxylic acids is 1. The summed E-state index contributed by atoms with van der Waals surface area (Å²) in [4.78, 5) is 12.1. The van der Waals surface area contributed by atoms with Crippen LogP contribution in [-0.4, -0.2) is 18.2 Å². The van der Waals surface area contributed by atoms with Crippen LogP contribution in [0.4, 0.5) is 20.2 Å². The van der Waals surface area contributed by atoms with Crippen LogP contribution in [0.25, 0.3) is 17.2 Å². The van der Waals surface area contributed by atoms with E-state index in [2.05, 4.69) is 5.32 Å². The van der Waals surface area contributed by atoms with Crippen molar-refractivity contribution in [2.75, 3.05) is 12.4 Å². The van der Waals surface area contributed by atoms with E-state index in [0.29, 0.717) is 28.3 Å². The van der Waals surface area contributed by atoms with E-state index < -0.39 is 17.6 Å². The Morgan fingerprint density at radius 2 is 1.78 bits per heavy atom. The van der Waals surface area contributed by atoms with Crippen molar-refractivity contribution in [1.82, 2.24) is 0 Å². The molecule has 0 aliphatic rings. The number of hydrogen-bond donors (Lipinski definition) is 2. The molecule has 0 saturated carbocycles. The van der Waals surface area contributed by atoms with Gasteiger partial charge in [0.25, 0.3) is 0 Å². The Balaban J connectivity index is 1.65. The maximum Gasteiger partial charge on any atom is 0.328 e. The standard InChI is InChI=1S/C29H23F2NO3S/c1-35-28-16-24(20-8-5-9-22(30)14-20)25(31)17-27(28)32-26-12-11-23(15-21(26)10-13-29(33)34)36-18-19-6-3-2-4-7-19/h2-17,32H,18H2,1H3,(H,33,34)/b13-10+. The van der Waals surface area contributed by atoms with Gasteiger partial charge in [-0.3, -0.25) is 0 Å². The van der Waals surface area contributed by atoms with Crippen molar-refractivity contribution in [3.63, 3.8) is 0 Å². The lowest BCUT2D eigenvalue weighted by Gasteiger charge is -2.16. The zero-order valence-corrected chi connectivity index (χ0v) is 20.2. The van der Waals surface area contributed by atoms with Gasteiger partial charge in [0.05, 0.1) is 12.8 Å². The van der Waals surface area contributed by atoms with Crippen molar-refractivity contribution in [2.45, 2.75) is 10.6 Å². The lowest BCUT2D eigenvalue weighted by atomic mass is 10.0. The molecule has 0 fully saturated rings. The van der Waals surface area contributed by atoms with Crippen LogP contribution in [0.2, 0.25) is 0 Å². The molecular weight excluding hydrogens is 480 g/mol. The third-order valence-corrected chi connectivity index (χ3v) is 6.44. The molecule has 2 N–H and O–H groups in total. The number of carbonyl (C=O) groups is 1. The first-order chi connectivity index (χ1) is 17.4. The van der Waals surface area contributed by atoms with Crippen molar-refractivity contribution in [3.05, 3.63) is 114 Å². The summed E-state index contributed by atoms with van der Waals surface area (Å²) in [6.07, 6.45) is 2.54. The highest BCUT2D eigenvalue weighted by molar-refractivity contribution is 7.98. The highest BCUT2D eigenvalue weighted by Crippen LogP contribution is 2.37. The van der Waals surface area contributed by atoms with Crippen molar-refractivity contribution in [3.8, 4) is 16.9 Å². The fourth-order valence-corrected chi connectivity index (χ4v) is 4.53. The second kappa shape index (κ2) is 11.6. The quantitative estimate of drug-likeness (QED) is 0.180. The van der Waals surface area contributed by atoms with Crippen LogP contribution in [-0.2, 0) is 10.5 Å². The minimum atomic E-state index is -1.08. The summed E-state index contributed by atoms with van der Waals surface area (Å²) in [6, 6.07) is 24.1. The van der Waals surface area contributed by atoms with Gasteiger partial charge in [-0.1, -0.05) is 42.5 Å². The molecule has 0 aromatic heterocycles. The number of nitrogens with one attached hydrogen (secondary N) is 1. The first-order valence-electron chi connectivity index (χ1n) is 11.0. The molecule has 0 amide bonds. The summed E-state index contributed by atoms with van der Waals surface area (Å²) in [5, 5.41) is 12.3. The van der Waals surface area contributed by atoms with Gasteiger partial charge in [-0.05, 0) is 59.2 Å². The number of halogens is 2. The number of rotatable bonds is 9. The van der Waals surface area contributed by atoms with Crippen LogP contribution in [0.15, 0.2) is 95.9 Å². The fraction of sp³-hybridized carbons (Fsp3) is 0.0690. The summed E-state index contributed by atoms with van der Waals surface area (Å²) in [7, 11) is 1.46. The topological polar surface area (TPSA) is 58.6 Å². The van der Waals surface area contributed by atoms with E-state index in [4.69, 9.17) is 9.84 Å². The van der Waals surface area contributed by atoms with Crippen LogP contribution < -0.4 is 10.1 Å². The van der Waals surface area contributed by atoms with Crippen molar-refractivity contribution in [2.24, 2.45) is 0 Å². The first-order valence-corrected chi connectivity index (χ1v) is 12.0. The monoisotopic (exact) mass is 503 g/mol. The molecule has 4 rings (SSSR count). The molecule has 36 heavy (non-hydrogen) atoms. The maximum absolute atomic E-state index is 15.1. The van der Waals surface area contributed by atoms with Crippen LogP contribution in [0.3, 0.4) is 0 Å². The van der Waals surface area contributed by atoms with Gasteiger partial charge in [-0.15, -0.1) is 11.8 Å². The van der Waals surface area contributed by atoms with Crippen LogP contribution in [0.1, 0.15) is 11.1 Å². The largest absolute Gasteiger partial charge is 0.495 e. The van der Waals surface area contributed by atoms with Gasteiger partial charge in [-0.2, -0.15) is 0 Å². The minimum Gasteiger partial charge on any atom is -0.495 e. The molecule has 0 bridgehead atoms. The predicted molar refractivity (Wildman–Crippen MR) is 141 cm³/mol. The second-order valence-corrected chi connectivity index (χ2v) is 8.91. The third kappa shape index (κ3) is 6.31. The summed E-state index contributed by atoms with van der Waals surface area (Å²) < 4.78 is 34.2. The Labute approximate surface area is 212 Å². The molecule has 7 heteroatoms. The number of carboxylic acid groups (broad SMARTS) is 1. The SMILES string of the molecule is COc1cc(-c2cccc(F)c2)c(F)cc1Nc1ccc(SCc2ccccc2)cc1/C=C/C(=O)O. The van der Waals surface area contributed by atoms with Crippen molar-refractivity contribution >= 4 is 35.2 Å². The maximum atomic E-state index is 15.1. The lowest BCUT2D eigenvalue weighted by molar-refractivity contribution is -0.131. The number of carboxylic acids is 1. The van der Waals surface area contributed by atoms with Gasteiger partial charge in [0.2, 0.25) is 0 Å². The summed E-state index contributed by atoms with van der Waals surface area (Å²) >= 11 is 1.62. The first kappa shape index (κ1) is 25.0. The third-order valence-electron chi connectivity index (χ3n) is 5.37. The predicted octanol–water partition coefficient (Wildman–Crippen LogP) is 7.77. The normalized spacial score (nSPS) is 11.0. The van der Waals surface area contributed by atoms with Gasteiger partial charge in [0, 0.05) is 34.0 Å². The Morgan fingerprint density at radius 3 is 2.50 bits per heavy atom. The number of ether oxygens (including phenoxy) is 1. The van der Waals surface area contributed by atoms with E-state index in [9.17, 15) is 9.18 Å².